The maximum Gasteiger partial charge on any atom is 0.310 e. The van der Waals surface area contributed by atoms with E-state index >= 15 is 0 Å². The van der Waals surface area contributed by atoms with E-state index in [4.69, 9.17) is 9.47 Å². The Morgan fingerprint density at radius 1 is 1.25 bits per heavy atom. The first-order chi connectivity index (χ1) is 13.5. The van der Waals surface area contributed by atoms with Crippen LogP contribution in [-0.4, -0.2) is 41.5 Å². The number of nitrogens with zero attached hydrogens (tertiary/aromatic N) is 2. The Labute approximate surface area is 169 Å². The predicted octanol–water partition coefficient (Wildman–Crippen LogP) is 3.75. The number of aromatic nitrogens is 1. The molecule has 0 N–H and O–H groups in total. The lowest BCUT2D eigenvalue weighted by Crippen LogP contribution is -2.43. The first-order valence-corrected chi connectivity index (χ1v) is 10.5. The summed E-state index contributed by atoms with van der Waals surface area (Å²) in [6.45, 7) is 7.57. The fraction of sp³-hybridized carbons (Fsp3) is 0.476. The van der Waals surface area contributed by atoms with Crippen LogP contribution >= 0.6 is 11.3 Å². The van der Waals surface area contributed by atoms with E-state index in [1.54, 1.807) is 17.2 Å². The van der Waals surface area contributed by atoms with Gasteiger partial charge in [0, 0.05) is 18.5 Å². The van der Waals surface area contributed by atoms with Gasteiger partial charge in [-0.2, -0.15) is 0 Å². The fourth-order valence-electron chi connectivity index (χ4n) is 3.41. The summed E-state index contributed by atoms with van der Waals surface area (Å²) in [5.74, 6) is 0.196. The summed E-state index contributed by atoms with van der Waals surface area (Å²) in [7, 11) is 0. The monoisotopic (exact) mass is 402 g/mol. The number of benzene rings is 1. The van der Waals surface area contributed by atoms with E-state index in [9.17, 15) is 9.59 Å². The summed E-state index contributed by atoms with van der Waals surface area (Å²) < 4.78 is 10.9. The van der Waals surface area contributed by atoms with Gasteiger partial charge in [-0.25, -0.2) is 4.98 Å². The van der Waals surface area contributed by atoms with Gasteiger partial charge in [-0.3, -0.25) is 9.59 Å². The highest BCUT2D eigenvalue weighted by Crippen LogP contribution is 2.22. The zero-order chi connectivity index (χ0) is 20.1. The molecule has 0 saturated carbocycles. The Bertz CT molecular complexity index is 828. The maximum absolute atomic E-state index is 12.8. The van der Waals surface area contributed by atoms with Gasteiger partial charge >= 0.3 is 5.97 Å². The highest BCUT2D eigenvalue weighted by molar-refractivity contribution is 7.09. The number of piperidine rings is 1. The fourth-order valence-corrected chi connectivity index (χ4v) is 4.09. The highest BCUT2D eigenvalue weighted by Gasteiger charge is 2.30. The quantitative estimate of drug-likeness (QED) is 0.688. The summed E-state index contributed by atoms with van der Waals surface area (Å²) in [6, 6.07) is 6.06. The third-order valence-electron chi connectivity index (χ3n) is 4.66. The third-order valence-corrected chi connectivity index (χ3v) is 5.48. The molecule has 2 heterocycles. The number of rotatable bonds is 6. The Morgan fingerprint density at radius 3 is 2.71 bits per heavy atom. The number of aryl methyl sites for hydroxylation is 2. The lowest BCUT2D eigenvalue weighted by Gasteiger charge is -2.31. The lowest BCUT2D eigenvalue weighted by molar-refractivity contribution is -0.149. The summed E-state index contributed by atoms with van der Waals surface area (Å²) in [4.78, 5) is 30.9. The van der Waals surface area contributed by atoms with Crippen molar-refractivity contribution < 1.29 is 19.1 Å². The van der Waals surface area contributed by atoms with Crippen LogP contribution in [0.15, 0.2) is 23.6 Å². The first kappa shape index (κ1) is 20.3. The Morgan fingerprint density at radius 2 is 2.00 bits per heavy atom. The molecule has 1 aromatic heterocycles. The molecule has 3 rings (SSSR count). The molecule has 1 saturated heterocycles. The van der Waals surface area contributed by atoms with E-state index in [0.29, 0.717) is 32.0 Å². The topological polar surface area (TPSA) is 68.7 Å². The van der Waals surface area contributed by atoms with E-state index in [1.165, 1.54) is 11.3 Å². The average Bonchev–Trinajstić information content (AvgIpc) is 3.14. The van der Waals surface area contributed by atoms with Crippen LogP contribution in [-0.2, 0) is 16.1 Å². The number of likely N-dealkylation sites (tertiary alicyclic amines) is 1. The molecule has 2 aromatic rings. The molecule has 1 aromatic carbocycles. The molecule has 0 spiro atoms. The molecule has 1 aliphatic heterocycles. The van der Waals surface area contributed by atoms with Crippen LogP contribution in [0.2, 0.25) is 0 Å². The average molecular weight is 403 g/mol. The Kier molecular flexibility index (Phi) is 6.67. The largest absolute Gasteiger partial charge is 0.486 e. The molecular formula is C21H26N2O4S. The molecule has 1 atom stereocenters. The smallest absolute Gasteiger partial charge is 0.310 e. The molecule has 1 fully saturated rings. The van der Waals surface area contributed by atoms with Crippen molar-refractivity contribution >= 4 is 23.2 Å². The normalized spacial score (nSPS) is 16.7. The van der Waals surface area contributed by atoms with E-state index in [1.807, 2.05) is 26.0 Å². The van der Waals surface area contributed by atoms with E-state index in [-0.39, 0.29) is 17.8 Å². The van der Waals surface area contributed by atoms with Gasteiger partial charge < -0.3 is 14.4 Å². The molecule has 150 valence electrons. The van der Waals surface area contributed by atoms with Crippen LogP contribution in [0, 0.1) is 19.8 Å². The van der Waals surface area contributed by atoms with Crippen LogP contribution in [0.5, 0.6) is 5.75 Å². The van der Waals surface area contributed by atoms with E-state index < -0.39 is 0 Å². The second-order valence-corrected chi connectivity index (χ2v) is 8.02. The highest BCUT2D eigenvalue weighted by atomic mass is 32.1. The molecule has 1 unspecified atom stereocenters. The minimum absolute atomic E-state index is 0.136. The number of hydrogen-bond donors (Lipinski definition) is 0. The molecule has 1 aliphatic rings. The van der Waals surface area contributed by atoms with Gasteiger partial charge in [0.25, 0.3) is 5.91 Å². The van der Waals surface area contributed by atoms with Gasteiger partial charge in [-0.1, -0.05) is 6.07 Å². The standard InChI is InChI=1S/C21H26N2O4S/c1-4-26-21(25)16-6-5-7-23(11-16)20(24)18-13-28-19(22-18)12-27-17-9-14(2)8-15(3)10-17/h8-10,13,16H,4-7,11-12H2,1-3H3. The molecule has 6 nitrogen and oxygen atoms in total. The van der Waals surface area contributed by atoms with Crippen molar-refractivity contribution in [3.05, 3.63) is 45.4 Å². The molecule has 7 heteroatoms. The second kappa shape index (κ2) is 9.19. The molecule has 1 amide bonds. The zero-order valence-corrected chi connectivity index (χ0v) is 17.4. The van der Waals surface area contributed by atoms with Crippen LogP contribution in [0.1, 0.15) is 46.4 Å². The van der Waals surface area contributed by atoms with Crippen molar-refractivity contribution in [2.75, 3.05) is 19.7 Å². The predicted molar refractivity (Wildman–Crippen MR) is 108 cm³/mol. The van der Waals surface area contributed by atoms with Gasteiger partial charge in [0.2, 0.25) is 0 Å². The van der Waals surface area contributed by atoms with E-state index in [0.717, 1.165) is 34.7 Å². The van der Waals surface area contributed by atoms with Crippen molar-refractivity contribution in [3.8, 4) is 5.75 Å². The van der Waals surface area contributed by atoms with Gasteiger partial charge in [0.05, 0.1) is 12.5 Å². The third kappa shape index (κ3) is 5.10. The Hall–Kier alpha value is -2.41. The molecule has 0 bridgehead atoms. The van der Waals surface area contributed by atoms with Crippen LogP contribution in [0.3, 0.4) is 0 Å². The lowest BCUT2D eigenvalue weighted by atomic mass is 9.98. The summed E-state index contributed by atoms with van der Waals surface area (Å²) in [6.07, 6.45) is 1.55. The van der Waals surface area contributed by atoms with Crippen molar-refractivity contribution in [2.45, 2.75) is 40.2 Å². The van der Waals surface area contributed by atoms with E-state index in [2.05, 4.69) is 11.1 Å². The van der Waals surface area contributed by atoms with Crippen LogP contribution in [0.25, 0.3) is 0 Å². The number of esters is 1. The van der Waals surface area contributed by atoms with Gasteiger partial charge in [-0.15, -0.1) is 11.3 Å². The second-order valence-electron chi connectivity index (χ2n) is 7.08. The van der Waals surface area contributed by atoms with Crippen LogP contribution in [0.4, 0.5) is 0 Å². The van der Waals surface area contributed by atoms with Gasteiger partial charge in [0.1, 0.15) is 23.1 Å². The maximum atomic E-state index is 12.8. The number of thiazole rings is 1. The number of carbonyl (C=O) groups is 2. The Balaban J connectivity index is 1.59. The number of carbonyl (C=O) groups excluding carboxylic acids is 2. The molecular weight excluding hydrogens is 376 g/mol. The molecule has 0 aliphatic carbocycles. The molecule has 0 radical (unpaired) electrons. The first-order valence-electron chi connectivity index (χ1n) is 9.57. The summed E-state index contributed by atoms with van der Waals surface area (Å²) in [5, 5.41) is 2.51. The van der Waals surface area contributed by atoms with Crippen LogP contribution < -0.4 is 4.74 Å². The summed E-state index contributed by atoms with van der Waals surface area (Å²) >= 11 is 1.41. The van der Waals surface area contributed by atoms with Gasteiger partial charge in [-0.05, 0) is 56.9 Å². The minimum Gasteiger partial charge on any atom is -0.486 e. The number of amides is 1. The number of hydrogen-bond acceptors (Lipinski definition) is 6. The van der Waals surface area contributed by atoms with Crippen molar-refractivity contribution in [1.82, 2.24) is 9.88 Å². The minimum atomic E-state index is -0.247. The zero-order valence-electron chi connectivity index (χ0n) is 16.6. The molecule has 28 heavy (non-hydrogen) atoms. The van der Waals surface area contributed by atoms with Crippen molar-refractivity contribution in [3.63, 3.8) is 0 Å². The van der Waals surface area contributed by atoms with Crippen molar-refractivity contribution in [2.24, 2.45) is 5.92 Å². The summed E-state index contributed by atoms with van der Waals surface area (Å²) in [5.41, 5.74) is 2.70. The van der Waals surface area contributed by atoms with Gasteiger partial charge in [0.15, 0.2) is 0 Å². The number of ether oxygens (including phenoxy) is 2. The van der Waals surface area contributed by atoms with Crippen molar-refractivity contribution in [1.29, 1.82) is 0 Å². The SMILES string of the molecule is CCOC(=O)C1CCCN(C(=O)c2csc(COc3cc(C)cc(C)c3)n2)C1.